The molecule has 0 amide bonds. The number of nitrogens with zero attached hydrogens (tertiary/aromatic N) is 1. The van der Waals surface area contributed by atoms with Crippen LogP contribution in [0.25, 0.3) is 0 Å². The third-order valence-corrected chi connectivity index (χ3v) is 1.16. The highest BCUT2D eigenvalue weighted by atomic mass is 14.7. The summed E-state index contributed by atoms with van der Waals surface area (Å²) in [4.78, 5) is 4.17. The average Bonchev–Trinajstić information content (AvgIpc) is 1.99. The lowest BCUT2D eigenvalue weighted by Crippen LogP contribution is -1.74. The summed E-state index contributed by atoms with van der Waals surface area (Å²) >= 11 is 0. The van der Waals surface area contributed by atoms with Gasteiger partial charge in [0.25, 0.3) is 0 Å². The second-order valence-corrected chi connectivity index (χ2v) is 2.02. The maximum absolute atomic E-state index is 4.17. The fraction of sp³-hybridized carbons (Fsp3) is 0.444. The first-order valence-electron chi connectivity index (χ1n) is 3.66. The molecule has 0 saturated carbocycles. The molecule has 10 heavy (non-hydrogen) atoms. The van der Waals surface area contributed by atoms with Crippen molar-refractivity contribution >= 4 is 6.21 Å². The summed E-state index contributed by atoms with van der Waals surface area (Å²) in [6, 6.07) is 0. The van der Waals surface area contributed by atoms with Gasteiger partial charge in [0.2, 0.25) is 0 Å². The van der Waals surface area contributed by atoms with Gasteiger partial charge in [0.05, 0.1) is 5.70 Å². The zero-order valence-corrected chi connectivity index (χ0v) is 6.80. The molecule has 0 fully saturated rings. The lowest BCUT2D eigenvalue weighted by atomic mass is 10.3. The lowest BCUT2D eigenvalue weighted by Gasteiger charge is -1.88. The average molecular weight is 137 g/mol. The molecular formula is C9H15N. The van der Waals surface area contributed by atoms with Crippen LogP contribution in [0.5, 0.6) is 0 Å². The van der Waals surface area contributed by atoms with Crippen LogP contribution in [-0.4, -0.2) is 6.21 Å². The van der Waals surface area contributed by atoms with Crippen molar-refractivity contribution in [3.05, 3.63) is 24.4 Å². The molecule has 0 aliphatic heterocycles. The number of rotatable bonds is 4. The smallest absolute Gasteiger partial charge is 0.0577 e. The van der Waals surface area contributed by atoms with Gasteiger partial charge in [0.1, 0.15) is 0 Å². The highest BCUT2D eigenvalue weighted by Crippen LogP contribution is 1.96. The van der Waals surface area contributed by atoms with Gasteiger partial charge in [-0.15, -0.1) is 0 Å². The molecule has 0 aliphatic rings. The van der Waals surface area contributed by atoms with Gasteiger partial charge in [-0.05, 0) is 19.4 Å². The standard InChI is InChI=1S/C9H15N/c1-4-7-8-10-9(5-2)6-3/h5-6,8H,2,4,7H2,1,3H3/b9-6-,10-8-. The van der Waals surface area contributed by atoms with Gasteiger partial charge in [0, 0.05) is 6.21 Å². The maximum Gasteiger partial charge on any atom is 0.0577 e. The zero-order valence-electron chi connectivity index (χ0n) is 6.80. The van der Waals surface area contributed by atoms with Crippen LogP contribution >= 0.6 is 0 Å². The van der Waals surface area contributed by atoms with Crippen molar-refractivity contribution in [3.63, 3.8) is 0 Å². The second kappa shape index (κ2) is 6.27. The Balaban J connectivity index is 3.74. The third kappa shape index (κ3) is 4.07. The molecule has 0 heterocycles. The van der Waals surface area contributed by atoms with E-state index in [1.165, 1.54) is 0 Å². The number of allylic oxidation sites excluding steroid dienone is 2. The molecule has 1 heteroatoms. The Morgan fingerprint density at radius 3 is 2.70 bits per heavy atom. The molecule has 1 nitrogen and oxygen atoms in total. The van der Waals surface area contributed by atoms with E-state index < -0.39 is 0 Å². The van der Waals surface area contributed by atoms with E-state index in [0.29, 0.717) is 0 Å². The number of hydrogen-bond acceptors (Lipinski definition) is 1. The predicted molar refractivity (Wildman–Crippen MR) is 47.4 cm³/mol. The summed E-state index contributed by atoms with van der Waals surface area (Å²) in [7, 11) is 0. The van der Waals surface area contributed by atoms with E-state index >= 15 is 0 Å². The fourth-order valence-corrected chi connectivity index (χ4v) is 0.544. The quantitative estimate of drug-likeness (QED) is 0.417. The van der Waals surface area contributed by atoms with Crippen LogP contribution in [0.4, 0.5) is 0 Å². The Bertz CT molecular complexity index is 143. The van der Waals surface area contributed by atoms with Crippen LogP contribution in [0.3, 0.4) is 0 Å². The van der Waals surface area contributed by atoms with Crippen molar-refractivity contribution in [2.45, 2.75) is 26.7 Å². The molecule has 0 atom stereocenters. The van der Waals surface area contributed by atoms with E-state index in [4.69, 9.17) is 0 Å². The first-order chi connectivity index (χ1) is 4.85. The normalized spacial score (nSPS) is 12.4. The van der Waals surface area contributed by atoms with Crippen LogP contribution in [0, 0.1) is 0 Å². The molecule has 0 aliphatic carbocycles. The summed E-state index contributed by atoms with van der Waals surface area (Å²) in [5.74, 6) is 0. The lowest BCUT2D eigenvalue weighted by molar-refractivity contribution is 1.01. The largest absolute Gasteiger partial charge is 0.262 e. The van der Waals surface area contributed by atoms with E-state index in [1.807, 2.05) is 19.2 Å². The minimum absolute atomic E-state index is 0.952. The minimum atomic E-state index is 0.952. The summed E-state index contributed by atoms with van der Waals surface area (Å²) < 4.78 is 0. The fourth-order valence-electron chi connectivity index (χ4n) is 0.544. The summed E-state index contributed by atoms with van der Waals surface area (Å²) in [6.45, 7) is 7.72. The molecule has 0 spiro atoms. The molecule has 0 bridgehead atoms. The first-order valence-corrected chi connectivity index (χ1v) is 3.66. The molecule has 0 radical (unpaired) electrons. The van der Waals surface area contributed by atoms with Crippen LogP contribution in [-0.2, 0) is 0 Å². The zero-order chi connectivity index (χ0) is 7.82. The van der Waals surface area contributed by atoms with Gasteiger partial charge >= 0.3 is 0 Å². The van der Waals surface area contributed by atoms with Gasteiger partial charge in [0.15, 0.2) is 0 Å². The molecule has 0 unspecified atom stereocenters. The van der Waals surface area contributed by atoms with Crippen molar-refractivity contribution in [1.82, 2.24) is 0 Å². The summed E-state index contributed by atoms with van der Waals surface area (Å²) in [6.07, 6.45) is 7.82. The Morgan fingerprint density at radius 1 is 1.60 bits per heavy atom. The summed E-state index contributed by atoms with van der Waals surface area (Å²) in [5.41, 5.74) is 0.952. The van der Waals surface area contributed by atoms with Crippen molar-refractivity contribution in [3.8, 4) is 0 Å². The Kier molecular flexibility index (Phi) is 5.74. The van der Waals surface area contributed by atoms with Crippen LogP contribution in [0.2, 0.25) is 0 Å². The van der Waals surface area contributed by atoms with Crippen molar-refractivity contribution in [1.29, 1.82) is 0 Å². The first kappa shape index (κ1) is 9.15. The number of unbranched alkanes of at least 4 members (excludes halogenated alkanes) is 1. The Morgan fingerprint density at radius 2 is 2.30 bits per heavy atom. The molecule has 0 saturated heterocycles. The second-order valence-electron chi connectivity index (χ2n) is 2.02. The number of aliphatic imine (C=N–C) groups is 1. The maximum atomic E-state index is 4.17. The highest BCUT2D eigenvalue weighted by molar-refractivity contribution is 5.59. The molecule has 0 aromatic rings. The van der Waals surface area contributed by atoms with Gasteiger partial charge in [-0.25, -0.2) is 0 Å². The Labute approximate surface area is 63.2 Å². The molecule has 0 N–H and O–H groups in total. The SMILES string of the molecule is C=CC(=C/C)/N=C\CCC. The molecular weight excluding hydrogens is 122 g/mol. The summed E-state index contributed by atoms with van der Waals surface area (Å²) in [5, 5.41) is 0. The number of hydrogen-bond donors (Lipinski definition) is 0. The van der Waals surface area contributed by atoms with Crippen molar-refractivity contribution < 1.29 is 0 Å². The minimum Gasteiger partial charge on any atom is -0.262 e. The van der Waals surface area contributed by atoms with Crippen LogP contribution in [0.1, 0.15) is 26.7 Å². The van der Waals surface area contributed by atoms with E-state index in [2.05, 4.69) is 18.5 Å². The highest BCUT2D eigenvalue weighted by Gasteiger charge is 1.79. The van der Waals surface area contributed by atoms with E-state index in [1.54, 1.807) is 6.08 Å². The monoisotopic (exact) mass is 137 g/mol. The molecule has 0 aromatic heterocycles. The predicted octanol–water partition coefficient (Wildman–Crippen LogP) is 2.95. The van der Waals surface area contributed by atoms with E-state index in [9.17, 15) is 0 Å². The van der Waals surface area contributed by atoms with Gasteiger partial charge < -0.3 is 0 Å². The van der Waals surface area contributed by atoms with Gasteiger partial charge in [-0.2, -0.15) is 0 Å². The van der Waals surface area contributed by atoms with E-state index in [0.717, 1.165) is 18.5 Å². The van der Waals surface area contributed by atoms with Gasteiger partial charge in [-0.3, -0.25) is 4.99 Å². The topological polar surface area (TPSA) is 12.4 Å². The van der Waals surface area contributed by atoms with Gasteiger partial charge in [-0.1, -0.05) is 26.0 Å². The molecule has 56 valence electrons. The third-order valence-electron chi connectivity index (χ3n) is 1.16. The Hall–Kier alpha value is -0.850. The molecule has 0 rings (SSSR count). The van der Waals surface area contributed by atoms with Crippen LogP contribution in [0.15, 0.2) is 29.4 Å². The van der Waals surface area contributed by atoms with E-state index in [-0.39, 0.29) is 0 Å². The van der Waals surface area contributed by atoms with Crippen LogP contribution < -0.4 is 0 Å². The van der Waals surface area contributed by atoms with Crippen molar-refractivity contribution in [2.75, 3.05) is 0 Å². The van der Waals surface area contributed by atoms with Crippen molar-refractivity contribution in [2.24, 2.45) is 4.99 Å². The molecule has 0 aromatic carbocycles.